The van der Waals surface area contributed by atoms with Gasteiger partial charge in [0.15, 0.2) is 0 Å². The SMILES string of the molecule is Cc1ccc(-c2cc(CC(CC#N)c3cccc(C)c3)nn2-c2ccc(C)cc2)cc1. The highest BCUT2D eigenvalue weighted by Gasteiger charge is 2.18. The van der Waals surface area contributed by atoms with Gasteiger partial charge in [-0.1, -0.05) is 77.4 Å². The van der Waals surface area contributed by atoms with Gasteiger partial charge in [-0.25, -0.2) is 4.68 Å². The van der Waals surface area contributed by atoms with Crippen LogP contribution in [0.1, 0.15) is 40.3 Å². The Morgan fingerprint density at radius 3 is 2.16 bits per heavy atom. The Morgan fingerprint density at radius 1 is 0.839 bits per heavy atom. The topological polar surface area (TPSA) is 41.6 Å². The summed E-state index contributed by atoms with van der Waals surface area (Å²) in [4.78, 5) is 0. The van der Waals surface area contributed by atoms with Gasteiger partial charge in [-0.2, -0.15) is 10.4 Å². The molecule has 3 aromatic carbocycles. The lowest BCUT2D eigenvalue weighted by Gasteiger charge is -2.13. The summed E-state index contributed by atoms with van der Waals surface area (Å²) >= 11 is 0. The molecule has 0 aliphatic carbocycles. The monoisotopic (exact) mass is 405 g/mol. The molecule has 0 bridgehead atoms. The van der Waals surface area contributed by atoms with Crippen molar-refractivity contribution < 1.29 is 0 Å². The van der Waals surface area contributed by atoms with Crippen molar-refractivity contribution in [3.8, 4) is 23.0 Å². The number of benzene rings is 3. The van der Waals surface area contributed by atoms with Crippen LogP contribution in [-0.2, 0) is 6.42 Å². The minimum Gasteiger partial charge on any atom is -0.233 e. The van der Waals surface area contributed by atoms with E-state index in [9.17, 15) is 5.26 Å². The Morgan fingerprint density at radius 2 is 1.52 bits per heavy atom. The van der Waals surface area contributed by atoms with E-state index in [-0.39, 0.29) is 5.92 Å². The molecule has 0 amide bonds. The number of aromatic nitrogens is 2. The lowest BCUT2D eigenvalue weighted by atomic mass is 9.90. The zero-order valence-electron chi connectivity index (χ0n) is 18.3. The minimum absolute atomic E-state index is 0.122. The first kappa shape index (κ1) is 20.6. The van der Waals surface area contributed by atoms with Crippen molar-refractivity contribution in [2.24, 2.45) is 0 Å². The first-order valence-corrected chi connectivity index (χ1v) is 10.7. The Labute approximate surface area is 184 Å². The molecule has 4 aromatic rings. The highest BCUT2D eigenvalue weighted by molar-refractivity contribution is 5.63. The molecule has 0 spiro atoms. The minimum atomic E-state index is 0.122. The average molecular weight is 406 g/mol. The molecular weight excluding hydrogens is 378 g/mol. The van der Waals surface area contributed by atoms with Crippen LogP contribution in [-0.4, -0.2) is 9.78 Å². The van der Waals surface area contributed by atoms with E-state index < -0.39 is 0 Å². The van der Waals surface area contributed by atoms with Crippen molar-refractivity contribution in [3.05, 3.63) is 107 Å². The van der Waals surface area contributed by atoms with Gasteiger partial charge in [0.25, 0.3) is 0 Å². The average Bonchev–Trinajstić information content (AvgIpc) is 3.18. The van der Waals surface area contributed by atoms with Gasteiger partial charge < -0.3 is 0 Å². The first-order chi connectivity index (χ1) is 15.0. The van der Waals surface area contributed by atoms with E-state index in [1.807, 2.05) is 4.68 Å². The maximum atomic E-state index is 9.44. The van der Waals surface area contributed by atoms with E-state index in [0.717, 1.165) is 29.1 Å². The molecule has 0 radical (unpaired) electrons. The third-order valence-corrected chi connectivity index (χ3v) is 5.69. The molecule has 4 rings (SSSR count). The Kier molecular flexibility index (Phi) is 6.00. The van der Waals surface area contributed by atoms with Crippen molar-refractivity contribution in [2.45, 2.75) is 39.5 Å². The second-order valence-corrected chi connectivity index (χ2v) is 8.31. The lowest BCUT2D eigenvalue weighted by Crippen LogP contribution is -2.05. The fourth-order valence-electron chi connectivity index (χ4n) is 3.94. The van der Waals surface area contributed by atoms with Crippen molar-refractivity contribution in [3.63, 3.8) is 0 Å². The second kappa shape index (κ2) is 9.02. The fourth-order valence-corrected chi connectivity index (χ4v) is 3.94. The van der Waals surface area contributed by atoms with E-state index in [2.05, 4.69) is 106 Å². The number of aryl methyl sites for hydroxylation is 3. The Bertz CT molecular complexity index is 1150. The summed E-state index contributed by atoms with van der Waals surface area (Å²) in [7, 11) is 0. The summed E-state index contributed by atoms with van der Waals surface area (Å²) < 4.78 is 2.03. The van der Waals surface area contributed by atoms with Crippen LogP contribution in [0.4, 0.5) is 0 Å². The van der Waals surface area contributed by atoms with Crippen molar-refractivity contribution in [1.29, 1.82) is 5.26 Å². The molecule has 0 aliphatic rings. The van der Waals surface area contributed by atoms with E-state index in [4.69, 9.17) is 5.10 Å². The number of nitrogens with zero attached hydrogens (tertiary/aromatic N) is 3. The largest absolute Gasteiger partial charge is 0.233 e. The zero-order chi connectivity index (χ0) is 21.8. The van der Waals surface area contributed by atoms with Crippen molar-refractivity contribution in [1.82, 2.24) is 9.78 Å². The van der Waals surface area contributed by atoms with Gasteiger partial charge in [-0.15, -0.1) is 0 Å². The van der Waals surface area contributed by atoms with E-state index >= 15 is 0 Å². The molecule has 154 valence electrons. The predicted octanol–water partition coefficient (Wildman–Crippen LogP) is 6.70. The highest BCUT2D eigenvalue weighted by Crippen LogP contribution is 2.29. The molecule has 1 aromatic heterocycles. The van der Waals surface area contributed by atoms with E-state index in [0.29, 0.717) is 6.42 Å². The summed E-state index contributed by atoms with van der Waals surface area (Å²) in [6.45, 7) is 6.28. The Balaban J connectivity index is 1.75. The standard InChI is InChI=1S/C28H27N3/c1-20-7-11-23(12-8-20)28-19-26(30-31(28)27-13-9-21(2)10-14-27)18-25(15-16-29)24-6-4-5-22(3)17-24/h4-14,17,19,25H,15,18H2,1-3H3. The van der Waals surface area contributed by atoms with E-state index in [1.165, 1.54) is 22.3 Å². The summed E-state index contributed by atoms with van der Waals surface area (Å²) in [5, 5.41) is 14.4. The van der Waals surface area contributed by atoms with Crippen LogP contribution in [0.2, 0.25) is 0 Å². The number of nitriles is 1. The third kappa shape index (κ3) is 4.75. The lowest BCUT2D eigenvalue weighted by molar-refractivity contribution is 0.677. The van der Waals surface area contributed by atoms with Crippen LogP contribution >= 0.6 is 0 Å². The van der Waals surface area contributed by atoms with E-state index in [1.54, 1.807) is 0 Å². The smallest absolute Gasteiger partial charge is 0.0743 e. The Hall–Kier alpha value is -3.64. The summed E-state index contributed by atoms with van der Waals surface area (Å²) in [5.74, 6) is 0.122. The normalized spacial score (nSPS) is 11.8. The fraction of sp³-hybridized carbons (Fsp3) is 0.214. The summed E-state index contributed by atoms with van der Waals surface area (Å²) in [6.07, 6.45) is 1.20. The maximum Gasteiger partial charge on any atom is 0.0743 e. The van der Waals surface area contributed by atoms with Gasteiger partial charge >= 0.3 is 0 Å². The number of hydrogen-bond donors (Lipinski definition) is 0. The number of hydrogen-bond acceptors (Lipinski definition) is 2. The van der Waals surface area contributed by atoms with Crippen LogP contribution in [0.25, 0.3) is 16.9 Å². The summed E-state index contributed by atoms with van der Waals surface area (Å²) in [6, 6.07) is 30.0. The molecule has 0 saturated carbocycles. The van der Waals surface area contributed by atoms with Gasteiger partial charge in [-0.05, 0) is 51.0 Å². The molecule has 0 saturated heterocycles. The molecule has 0 fully saturated rings. The van der Waals surface area contributed by atoms with Crippen LogP contribution in [0.15, 0.2) is 78.9 Å². The predicted molar refractivity (Wildman–Crippen MR) is 126 cm³/mol. The number of rotatable bonds is 6. The molecule has 0 N–H and O–H groups in total. The van der Waals surface area contributed by atoms with Gasteiger partial charge in [0.05, 0.1) is 23.1 Å². The molecule has 3 nitrogen and oxygen atoms in total. The van der Waals surface area contributed by atoms with Crippen LogP contribution in [0, 0.1) is 32.1 Å². The highest BCUT2D eigenvalue weighted by atomic mass is 15.3. The quantitative estimate of drug-likeness (QED) is 0.358. The van der Waals surface area contributed by atoms with Crippen LogP contribution in [0.5, 0.6) is 0 Å². The van der Waals surface area contributed by atoms with Crippen molar-refractivity contribution in [2.75, 3.05) is 0 Å². The van der Waals surface area contributed by atoms with Gasteiger partial charge in [0.2, 0.25) is 0 Å². The molecular formula is C28H27N3. The van der Waals surface area contributed by atoms with Gasteiger partial charge in [0, 0.05) is 17.9 Å². The molecule has 31 heavy (non-hydrogen) atoms. The first-order valence-electron chi connectivity index (χ1n) is 10.7. The third-order valence-electron chi connectivity index (χ3n) is 5.69. The molecule has 1 unspecified atom stereocenters. The van der Waals surface area contributed by atoms with Gasteiger partial charge in [-0.3, -0.25) is 0 Å². The van der Waals surface area contributed by atoms with Crippen LogP contribution in [0.3, 0.4) is 0 Å². The maximum absolute atomic E-state index is 9.44. The molecule has 1 atom stereocenters. The molecule has 1 heterocycles. The summed E-state index contributed by atoms with van der Waals surface area (Å²) in [5.41, 5.74) is 9.11. The molecule has 3 heteroatoms. The zero-order valence-corrected chi connectivity index (χ0v) is 18.3. The van der Waals surface area contributed by atoms with Crippen molar-refractivity contribution >= 4 is 0 Å². The van der Waals surface area contributed by atoms with Crippen LogP contribution < -0.4 is 0 Å². The van der Waals surface area contributed by atoms with Gasteiger partial charge in [0.1, 0.15) is 0 Å². The second-order valence-electron chi connectivity index (χ2n) is 8.31. The molecule has 0 aliphatic heterocycles.